The van der Waals surface area contributed by atoms with Crippen molar-refractivity contribution in [1.29, 1.82) is 0 Å². The average Bonchev–Trinajstić information content (AvgIpc) is 2.82. The molecule has 0 bridgehead atoms. The molecule has 2 atom stereocenters. The Kier molecular flexibility index (Phi) is 7.39. The van der Waals surface area contributed by atoms with Crippen molar-refractivity contribution < 1.29 is 14.3 Å². The van der Waals surface area contributed by atoms with Crippen LogP contribution in [0.15, 0.2) is 77.1 Å². The van der Waals surface area contributed by atoms with Crippen LogP contribution in [-0.2, 0) is 14.3 Å². The summed E-state index contributed by atoms with van der Waals surface area (Å²) in [6.45, 7) is 6.40. The van der Waals surface area contributed by atoms with E-state index in [4.69, 9.17) is 4.74 Å². The molecule has 2 aliphatic rings. The van der Waals surface area contributed by atoms with Crippen molar-refractivity contribution in [2.45, 2.75) is 45.4 Å². The lowest BCUT2D eigenvalue weighted by Crippen LogP contribution is -2.36. The summed E-state index contributed by atoms with van der Waals surface area (Å²) in [4.78, 5) is 26.8. The second kappa shape index (κ2) is 10.4. The summed E-state index contributed by atoms with van der Waals surface area (Å²) in [6.07, 6.45) is 1.20. The number of rotatable bonds is 7. The lowest BCUT2D eigenvalue weighted by atomic mass is 9.71. The zero-order valence-electron chi connectivity index (χ0n) is 19.5. The van der Waals surface area contributed by atoms with Gasteiger partial charge in [-0.3, -0.25) is 4.79 Å². The molecule has 0 fully saturated rings. The highest BCUT2D eigenvalue weighted by Gasteiger charge is 2.41. The minimum atomic E-state index is -0.405. The first-order valence-corrected chi connectivity index (χ1v) is 12.8. The third kappa shape index (κ3) is 5.09. The molecule has 0 unspecified atom stereocenters. The van der Waals surface area contributed by atoms with Gasteiger partial charge in [-0.05, 0) is 43.1 Å². The van der Waals surface area contributed by atoms with E-state index in [1.807, 2.05) is 56.3 Å². The first kappa shape index (κ1) is 23.4. The summed E-state index contributed by atoms with van der Waals surface area (Å²) in [5.74, 6) is 1.24. The van der Waals surface area contributed by atoms with Crippen LogP contribution in [0.3, 0.4) is 0 Å². The summed E-state index contributed by atoms with van der Waals surface area (Å²) < 4.78 is 5.64. The number of ketones is 1. The van der Waals surface area contributed by atoms with Gasteiger partial charge in [-0.1, -0.05) is 67.1 Å². The van der Waals surface area contributed by atoms with Crippen LogP contribution in [-0.4, -0.2) is 29.9 Å². The van der Waals surface area contributed by atoms with Gasteiger partial charge in [0.1, 0.15) is 6.61 Å². The molecule has 0 saturated carbocycles. The quantitative estimate of drug-likeness (QED) is 0.426. The summed E-state index contributed by atoms with van der Waals surface area (Å²) in [5, 5.41) is 3.42. The molecule has 5 heteroatoms. The first-order chi connectivity index (χ1) is 16.0. The van der Waals surface area contributed by atoms with Crippen LogP contribution < -0.4 is 5.32 Å². The van der Waals surface area contributed by atoms with Crippen molar-refractivity contribution in [1.82, 2.24) is 5.32 Å². The first-order valence-electron chi connectivity index (χ1n) is 11.6. The number of dihydropyridines is 1. The maximum Gasteiger partial charge on any atom is 0.336 e. The summed E-state index contributed by atoms with van der Waals surface area (Å²) >= 11 is 1.74. The van der Waals surface area contributed by atoms with E-state index in [1.165, 1.54) is 5.56 Å². The van der Waals surface area contributed by atoms with E-state index < -0.39 is 5.92 Å². The minimum Gasteiger partial charge on any atom is -0.461 e. The van der Waals surface area contributed by atoms with Crippen LogP contribution in [0.1, 0.15) is 55.2 Å². The Morgan fingerprint density at radius 2 is 1.76 bits per heavy atom. The maximum atomic E-state index is 13.6. The Hall–Kier alpha value is -2.79. The average molecular weight is 462 g/mol. The van der Waals surface area contributed by atoms with Gasteiger partial charge in [0.05, 0.1) is 5.57 Å². The van der Waals surface area contributed by atoms with Gasteiger partial charge in [-0.2, -0.15) is 11.8 Å². The highest BCUT2D eigenvalue weighted by atomic mass is 32.2. The third-order valence-electron chi connectivity index (χ3n) is 6.39. The Morgan fingerprint density at radius 1 is 1.03 bits per heavy atom. The van der Waals surface area contributed by atoms with Crippen molar-refractivity contribution in [2.24, 2.45) is 0 Å². The molecular formula is C28H31NO3S. The molecule has 0 amide bonds. The molecule has 4 nitrogen and oxygen atoms in total. The zero-order chi connectivity index (χ0) is 23.4. The Balaban J connectivity index is 1.70. The molecule has 1 aliphatic heterocycles. The number of hydrogen-bond acceptors (Lipinski definition) is 5. The van der Waals surface area contributed by atoms with E-state index in [0.29, 0.717) is 24.2 Å². The van der Waals surface area contributed by atoms with Crippen LogP contribution in [0.25, 0.3) is 0 Å². The normalized spacial score (nSPS) is 20.4. The smallest absolute Gasteiger partial charge is 0.336 e. The van der Waals surface area contributed by atoms with E-state index in [9.17, 15) is 9.59 Å². The third-order valence-corrected chi connectivity index (χ3v) is 7.26. The van der Waals surface area contributed by atoms with Crippen molar-refractivity contribution >= 4 is 23.5 Å². The lowest BCUT2D eigenvalue weighted by molar-refractivity contribution is -0.138. The fraction of sp³-hybridized carbons (Fsp3) is 0.357. The monoisotopic (exact) mass is 461 g/mol. The predicted octanol–water partition coefficient (Wildman–Crippen LogP) is 5.65. The molecule has 1 heterocycles. The standard InChI is InChI=1S/C28H31NO3S/c1-4-33-15-14-32-28(31)25-19(3)29-23-16-22(20-8-6-5-7-9-20)17-24(30)27(23)26(25)21-12-10-18(2)11-13-21/h5-13,22,26,29H,4,14-17H2,1-3H3/t22-,26+/m1/s1. The van der Waals surface area contributed by atoms with E-state index >= 15 is 0 Å². The second-order valence-electron chi connectivity index (χ2n) is 8.67. The summed E-state index contributed by atoms with van der Waals surface area (Å²) in [6, 6.07) is 18.3. The van der Waals surface area contributed by atoms with Gasteiger partial charge in [0.2, 0.25) is 0 Å². The molecule has 172 valence electrons. The molecule has 0 aromatic heterocycles. The highest BCUT2D eigenvalue weighted by molar-refractivity contribution is 7.99. The number of aryl methyl sites for hydroxylation is 1. The number of esters is 1. The number of benzene rings is 2. The van der Waals surface area contributed by atoms with E-state index in [1.54, 1.807) is 11.8 Å². The van der Waals surface area contributed by atoms with Crippen LogP contribution in [0, 0.1) is 6.92 Å². The van der Waals surface area contributed by atoms with Crippen molar-refractivity contribution in [3.05, 3.63) is 93.8 Å². The number of nitrogens with one attached hydrogen (secondary N) is 1. The largest absolute Gasteiger partial charge is 0.461 e. The molecule has 0 saturated heterocycles. The van der Waals surface area contributed by atoms with Crippen LogP contribution in [0.5, 0.6) is 0 Å². The van der Waals surface area contributed by atoms with Gasteiger partial charge >= 0.3 is 5.97 Å². The minimum absolute atomic E-state index is 0.0996. The maximum absolute atomic E-state index is 13.6. The molecule has 4 rings (SSSR count). The Bertz CT molecular complexity index is 1090. The summed E-state index contributed by atoms with van der Waals surface area (Å²) in [5.41, 5.74) is 6.23. The topological polar surface area (TPSA) is 55.4 Å². The molecule has 2 aromatic carbocycles. The Labute approximate surface area is 200 Å². The van der Waals surface area contributed by atoms with Crippen LogP contribution >= 0.6 is 11.8 Å². The van der Waals surface area contributed by atoms with Crippen molar-refractivity contribution in [3.8, 4) is 0 Å². The molecule has 1 aliphatic carbocycles. The van der Waals surface area contributed by atoms with E-state index in [2.05, 4.69) is 24.4 Å². The SMILES string of the molecule is CCSCCOC(=O)C1=C(C)NC2=C(C(=O)C[C@H](c3ccccc3)C2)[C@H]1c1ccc(C)cc1. The van der Waals surface area contributed by atoms with Gasteiger partial charge in [0, 0.05) is 35.1 Å². The van der Waals surface area contributed by atoms with Gasteiger partial charge in [0.25, 0.3) is 0 Å². The number of hydrogen-bond donors (Lipinski definition) is 1. The van der Waals surface area contributed by atoms with Crippen molar-refractivity contribution in [3.63, 3.8) is 0 Å². The predicted molar refractivity (Wildman–Crippen MR) is 134 cm³/mol. The molecule has 0 spiro atoms. The van der Waals surface area contributed by atoms with Gasteiger partial charge in [-0.15, -0.1) is 0 Å². The lowest BCUT2D eigenvalue weighted by Gasteiger charge is -2.36. The van der Waals surface area contributed by atoms with Crippen LogP contribution in [0.2, 0.25) is 0 Å². The fourth-order valence-electron chi connectivity index (χ4n) is 4.78. The molecular weight excluding hydrogens is 430 g/mol. The number of carbonyl (C=O) groups is 2. The van der Waals surface area contributed by atoms with Gasteiger partial charge in [0.15, 0.2) is 5.78 Å². The van der Waals surface area contributed by atoms with Gasteiger partial charge < -0.3 is 10.1 Å². The second-order valence-corrected chi connectivity index (χ2v) is 10.1. The fourth-order valence-corrected chi connectivity index (χ4v) is 5.27. The number of ether oxygens (including phenoxy) is 1. The van der Waals surface area contributed by atoms with E-state index in [0.717, 1.165) is 40.4 Å². The number of carbonyl (C=O) groups excluding carboxylic acids is 2. The molecule has 1 N–H and O–H groups in total. The Morgan fingerprint density at radius 3 is 2.45 bits per heavy atom. The molecule has 2 aromatic rings. The zero-order valence-corrected chi connectivity index (χ0v) is 20.3. The van der Waals surface area contributed by atoms with E-state index in [-0.39, 0.29) is 17.7 Å². The number of thioether (sulfide) groups is 1. The van der Waals surface area contributed by atoms with Crippen molar-refractivity contribution in [2.75, 3.05) is 18.1 Å². The molecule has 0 radical (unpaired) electrons. The molecule has 33 heavy (non-hydrogen) atoms. The summed E-state index contributed by atoms with van der Waals surface area (Å²) in [7, 11) is 0. The highest BCUT2D eigenvalue weighted by Crippen LogP contribution is 2.45. The number of Topliss-reactive ketones (excluding diaryl/α,β-unsaturated/α-hetero) is 1. The van der Waals surface area contributed by atoms with Crippen LogP contribution in [0.4, 0.5) is 0 Å². The van der Waals surface area contributed by atoms with Gasteiger partial charge in [-0.25, -0.2) is 4.79 Å². The number of allylic oxidation sites excluding steroid dienone is 3.